The minimum Gasteiger partial charge on any atom is -0.462 e. The fraction of sp³-hybridized carbons (Fsp3) is 0.148. The lowest BCUT2D eigenvalue weighted by molar-refractivity contribution is -0.120. The van der Waals surface area contributed by atoms with Crippen molar-refractivity contribution in [2.75, 3.05) is 23.5 Å². The van der Waals surface area contributed by atoms with Crippen molar-refractivity contribution in [1.29, 1.82) is 0 Å². The maximum absolute atomic E-state index is 13.8. The van der Waals surface area contributed by atoms with Gasteiger partial charge in [-0.25, -0.2) is 9.69 Å². The van der Waals surface area contributed by atoms with Gasteiger partial charge in [-0.05, 0) is 55.0 Å². The topological polar surface area (TPSA) is 66.9 Å². The first kappa shape index (κ1) is 24.6. The quantitative estimate of drug-likeness (QED) is 0.279. The van der Waals surface area contributed by atoms with Gasteiger partial charge in [0.2, 0.25) is 0 Å². The van der Waals surface area contributed by atoms with Gasteiger partial charge in [-0.3, -0.25) is 9.59 Å². The number of benzene rings is 3. The molecule has 0 spiro atoms. The fourth-order valence-corrected chi connectivity index (χ4v) is 4.75. The first-order valence-electron chi connectivity index (χ1n) is 11.0. The van der Waals surface area contributed by atoms with Crippen LogP contribution in [0.4, 0.5) is 11.4 Å². The lowest BCUT2D eigenvalue weighted by atomic mass is 10.1. The van der Waals surface area contributed by atoms with Crippen molar-refractivity contribution in [2.24, 2.45) is 0 Å². The van der Waals surface area contributed by atoms with E-state index in [-0.39, 0.29) is 28.5 Å². The van der Waals surface area contributed by atoms with Crippen LogP contribution in [0.3, 0.4) is 0 Å². The highest BCUT2D eigenvalue weighted by atomic mass is 35.5. The molecule has 2 amide bonds. The SMILES string of the molecule is CCCOC(=O)c1ccccc1N1C(=O)C(Sc2ccc(Cl)cc2)=C(N(C)c2ccccc2)C1=O. The Morgan fingerprint density at radius 2 is 1.60 bits per heavy atom. The van der Waals surface area contributed by atoms with Crippen LogP contribution < -0.4 is 9.80 Å². The predicted molar refractivity (Wildman–Crippen MR) is 139 cm³/mol. The summed E-state index contributed by atoms with van der Waals surface area (Å²) in [5.74, 6) is -1.61. The number of carbonyl (C=O) groups is 3. The Morgan fingerprint density at radius 1 is 0.943 bits per heavy atom. The third kappa shape index (κ3) is 5.11. The number of para-hydroxylation sites is 2. The van der Waals surface area contributed by atoms with Crippen molar-refractivity contribution in [3.05, 3.63) is 100 Å². The normalized spacial score (nSPS) is 13.4. The molecule has 6 nitrogen and oxygen atoms in total. The highest BCUT2D eigenvalue weighted by Crippen LogP contribution is 2.40. The molecule has 0 aromatic heterocycles. The zero-order chi connectivity index (χ0) is 24.9. The van der Waals surface area contributed by atoms with Crippen molar-refractivity contribution >= 4 is 52.5 Å². The summed E-state index contributed by atoms with van der Waals surface area (Å²) < 4.78 is 5.30. The largest absolute Gasteiger partial charge is 0.462 e. The molecular formula is C27H23ClN2O4S. The van der Waals surface area contributed by atoms with Crippen molar-refractivity contribution in [3.8, 4) is 0 Å². The van der Waals surface area contributed by atoms with E-state index >= 15 is 0 Å². The molecule has 3 aromatic rings. The van der Waals surface area contributed by atoms with Crippen LogP contribution in [-0.2, 0) is 14.3 Å². The average molecular weight is 507 g/mol. The van der Waals surface area contributed by atoms with Gasteiger partial charge in [0.15, 0.2) is 0 Å². The van der Waals surface area contributed by atoms with E-state index in [0.29, 0.717) is 11.4 Å². The highest BCUT2D eigenvalue weighted by Gasteiger charge is 2.43. The van der Waals surface area contributed by atoms with Crippen LogP contribution in [0.25, 0.3) is 0 Å². The standard InChI is InChI=1S/C27H23ClN2O4S/c1-3-17-34-27(33)21-11-7-8-12-22(21)30-25(31)23(29(2)19-9-5-4-6-10-19)24(26(30)32)35-20-15-13-18(28)14-16-20/h4-16H,3,17H2,1-2H3. The number of esters is 1. The zero-order valence-corrected chi connectivity index (χ0v) is 20.8. The Bertz CT molecular complexity index is 1290. The molecule has 0 aliphatic carbocycles. The number of hydrogen-bond donors (Lipinski definition) is 0. The molecule has 0 bridgehead atoms. The van der Waals surface area contributed by atoms with Crippen molar-refractivity contribution < 1.29 is 19.1 Å². The first-order chi connectivity index (χ1) is 16.9. The molecule has 8 heteroatoms. The summed E-state index contributed by atoms with van der Waals surface area (Å²) in [5, 5.41) is 0.569. The number of hydrogen-bond acceptors (Lipinski definition) is 6. The van der Waals surface area contributed by atoms with E-state index in [4.69, 9.17) is 16.3 Å². The number of likely N-dealkylation sites (N-methyl/N-ethyl adjacent to an activating group) is 1. The van der Waals surface area contributed by atoms with Gasteiger partial charge in [-0.1, -0.05) is 60.6 Å². The van der Waals surface area contributed by atoms with E-state index in [1.54, 1.807) is 60.5 Å². The first-order valence-corrected chi connectivity index (χ1v) is 12.2. The summed E-state index contributed by atoms with van der Waals surface area (Å²) >= 11 is 7.20. The lowest BCUT2D eigenvalue weighted by Crippen LogP contribution is -2.35. The van der Waals surface area contributed by atoms with Crippen molar-refractivity contribution in [2.45, 2.75) is 18.2 Å². The number of nitrogens with zero attached hydrogens (tertiary/aromatic N) is 2. The van der Waals surface area contributed by atoms with E-state index in [9.17, 15) is 14.4 Å². The van der Waals surface area contributed by atoms with Crippen LogP contribution >= 0.6 is 23.4 Å². The minimum atomic E-state index is -0.584. The Morgan fingerprint density at radius 3 is 2.29 bits per heavy atom. The molecule has 0 saturated carbocycles. The summed E-state index contributed by atoms with van der Waals surface area (Å²) in [6.45, 7) is 2.13. The number of thioether (sulfide) groups is 1. The van der Waals surface area contributed by atoms with E-state index in [0.717, 1.165) is 15.5 Å². The van der Waals surface area contributed by atoms with Crippen molar-refractivity contribution in [3.63, 3.8) is 0 Å². The molecule has 1 heterocycles. The zero-order valence-electron chi connectivity index (χ0n) is 19.2. The summed E-state index contributed by atoms with van der Waals surface area (Å²) in [7, 11) is 1.74. The van der Waals surface area contributed by atoms with Crippen molar-refractivity contribution in [1.82, 2.24) is 0 Å². The fourth-order valence-electron chi connectivity index (χ4n) is 3.62. The molecule has 0 N–H and O–H groups in total. The van der Waals surface area contributed by atoms with Gasteiger partial charge in [0.25, 0.3) is 11.8 Å². The molecule has 0 saturated heterocycles. The number of ether oxygens (including phenoxy) is 1. The second-order valence-electron chi connectivity index (χ2n) is 7.73. The van der Waals surface area contributed by atoms with Gasteiger partial charge in [-0.2, -0.15) is 0 Å². The van der Waals surface area contributed by atoms with Crippen LogP contribution in [0.2, 0.25) is 5.02 Å². The predicted octanol–water partition coefficient (Wildman–Crippen LogP) is 5.92. The third-order valence-electron chi connectivity index (χ3n) is 5.33. The van der Waals surface area contributed by atoms with Crippen LogP contribution in [0.15, 0.2) is 94.4 Å². The van der Waals surface area contributed by atoms with E-state index < -0.39 is 17.8 Å². The van der Waals surface area contributed by atoms with Gasteiger partial charge in [0, 0.05) is 22.7 Å². The summed E-state index contributed by atoms with van der Waals surface area (Å²) in [5.41, 5.74) is 1.31. The molecule has 0 fully saturated rings. The molecule has 35 heavy (non-hydrogen) atoms. The number of halogens is 1. The molecule has 1 aliphatic rings. The molecular weight excluding hydrogens is 484 g/mol. The third-order valence-corrected chi connectivity index (χ3v) is 6.66. The number of carbonyl (C=O) groups excluding carboxylic acids is 3. The van der Waals surface area contributed by atoms with Crippen LogP contribution in [0, 0.1) is 0 Å². The maximum Gasteiger partial charge on any atom is 0.340 e. The molecule has 4 rings (SSSR count). The number of rotatable bonds is 8. The van der Waals surface area contributed by atoms with Gasteiger partial charge in [0.1, 0.15) is 10.6 Å². The van der Waals surface area contributed by atoms with Crippen LogP contribution in [-0.4, -0.2) is 31.4 Å². The minimum absolute atomic E-state index is 0.155. The Balaban J connectivity index is 1.79. The van der Waals surface area contributed by atoms with Crippen LogP contribution in [0.1, 0.15) is 23.7 Å². The Labute approximate surface area is 213 Å². The Kier molecular flexibility index (Phi) is 7.58. The van der Waals surface area contributed by atoms with Gasteiger partial charge < -0.3 is 9.64 Å². The van der Waals surface area contributed by atoms with Crippen LogP contribution in [0.5, 0.6) is 0 Å². The summed E-state index contributed by atoms with van der Waals surface area (Å²) in [4.78, 5) is 44.0. The summed E-state index contributed by atoms with van der Waals surface area (Å²) in [6.07, 6.45) is 0.658. The van der Waals surface area contributed by atoms with E-state index in [2.05, 4.69) is 0 Å². The van der Waals surface area contributed by atoms with Gasteiger partial charge in [0.05, 0.1) is 17.9 Å². The summed E-state index contributed by atoms with van der Waals surface area (Å²) in [6, 6.07) is 22.8. The van der Waals surface area contributed by atoms with Gasteiger partial charge in [-0.15, -0.1) is 0 Å². The second-order valence-corrected chi connectivity index (χ2v) is 9.25. The smallest absolute Gasteiger partial charge is 0.340 e. The average Bonchev–Trinajstić information content (AvgIpc) is 3.12. The second kappa shape index (κ2) is 10.8. The van der Waals surface area contributed by atoms with E-state index in [1.165, 1.54) is 11.8 Å². The number of amides is 2. The molecule has 178 valence electrons. The lowest BCUT2D eigenvalue weighted by Gasteiger charge is -2.22. The molecule has 0 atom stereocenters. The molecule has 1 aliphatic heterocycles. The maximum atomic E-state index is 13.8. The molecule has 3 aromatic carbocycles. The molecule has 0 radical (unpaired) electrons. The monoisotopic (exact) mass is 506 g/mol. The van der Waals surface area contributed by atoms with E-state index in [1.807, 2.05) is 37.3 Å². The number of anilines is 2. The highest BCUT2D eigenvalue weighted by molar-refractivity contribution is 8.04. The van der Waals surface area contributed by atoms with Gasteiger partial charge >= 0.3 is 5.97 Å². The number of imide groups is 1. The Hall–Kier alpha value is -3.55. The molecule has 0 unspecified atom stereocenters.